The van der Waals surface area contributed by atoms with E-state index in [2.05, 4.69) is 5.32 Å². The van der Waals surface area contributed by atoms with E-state index in [1.165, 1.54) is 6.07 Å². The van der Waals surface area contributed by atoms with Crippen molar-refractivity contribution in [2.45, 2.75) is 32.7 Å². The molecule has 4 nitrogen and oxygen atoms in total. The molecule has 0 aliphatic rings. The fourth-order valence-corrected chi connectivity index (χ4v) is 2.43. The monoisotopic (exact) mass is 361 g/mol. The van der Waals surface area contributed by atoms with Gasteiger partial charge in [-0.15, -0.1) is 0 Å². The first-order chi connectivity index (χ1) is 12.3. The van der Waals surface area contributed by atoms with Gasteiger partial charge >= 0.3 is 5.97 Å². The molecular formula is C20H21F2NO3. The quantitative estimate of drug-likeness (QED) is 0.788. The smallest absolute Gasteiger partial charge is 0.338 e. The molecule has 1 N–H and O–H groups in total. The Morgan fingerprint density at radius 3 is 2.27 bits per heavy atom. The van der Waals surface area contributed by atoms with Crippen LogP contribution in [0.4, 0.5) is 8.78 Å². The van der Waals surface area contributed by atoms with Crippen LogP contribution in [0.1, 0.15) is 54.2 Å². The Hall–Kier alpha value is -2.76. The molecule has 0 spiro atoms. The van der Waals surface area contributed by atoms with E-state index >= 15 is 0 Å². The molecule has 0 saturated carbocycles. The average Bonchev–Trinajstić information content (AvgIpc) is 2.59. The molecule has 1 atom stereocenters. The molecule has 2 aromatic rings. The Labute approximate surface area is 151 Å². The van der Waals surface area contributed by atoms with Crippen molar-refractivity contribution >= 4 is 11.9 Å². The van der Waals surface area contributed by atoms with E-state index in [4.69, 9.17) is 4.74 Å². The van der Waals surface area contributed by atoms with Crippen molar-refractivity contribution in [1.29, 1.82) is 0 Å². The van der Waals surface area contributed by atoms with Crippen LogP contribution < -0.4 is 5.32 Å². The number of hydrogen-bond acceptors (Lipinski definition) is 3. The molecule has 0 fully saturated rings. The van der Waals surface area contributed by atoms with Crippen LogP contribution in [0.3, 0.4) is 0 Å². The van der Waals surface area contributed by atoms with Crippen LogP contribution in [0.2, 0.25) is 0 Å². The second-order valence-electron chi connectivity index (χ2n) is 6.31. The zero-order valence-corrected chi connectivity index (χ0v) is 14.9. The lowest BCUT2D eigenvalue weighted by Gasteiger charge is -2.15. The van der Waals surface area contributed by atoms with Crippen LogP contribution in [0.5, 0.6) is 0 Å². The molecular weight excluding hydrogens is 340 g/mol. The minimum Gasteiger partial charge on any atom is -0.452 e. The van der Waals surface area contributed by atoms with Crippen molar-refractivity contribution in [3.63, 3.8) is 0 Å². The van der Waals surface area contributed by atoms with Crippen LogP contribution >= 0.6 is 0 Å². The van der Waals surface area contributed by atoms with Crippen molar-refractivity contribution < 1.29 is 23.1 Å². The summed E-state index contributed by atoms with van der Waals surface area (Å²) in [5.74, 6) is -2.29. The van der Waals surface area contributed by atoms with Crippen molar-refractivity contribution in [3.8, 4) is 0 Å². The molecule has 0 aromatic heterocycles. The van der Waals surface area contributed by atoms with E-state index in [1.54, 1.807) is 19.1 Å². The highest BCUT2D eigenvalue weighted by atomic mass is 19.1. The van der Waals surface area contributed by atoms with Gasteiger partial charge in [0.1, 0.15) is 11.6 Å². The Kier molecular flexibility index (Phi) is 6.44. The Morgan fingerprint density at radius 1 is 1.04 bits per heavy atom. The van der Waals surface area contributed by atoms with E-state index in [-0.39, 0.29) is 5.56 Å². The highest BCUT2D eigenvalue weighted by molar-refractivity contribution is 5.91. The van der Waals surface area contributed by atoms with Gasteiger partial charge < -0.3 is 10.1 Å². The summed E-state index contributed by atoms with van der Waals surface area (Å²) in [7, 11) is 0. The molecule has 0 saturated heterocycles. The molecule has 2 aromatic carbocycles. The number of carbonyl (C=O) groups excluding carboxylic acids is 2. The molecule has 0 heterocycles. The SMILES string of the molecule is CC(C)c1ccc(C(=O)OCC(=O)N[C@@H](C)c2ccc(F)cc2F)cc1. The molecule has 0 radical (unpaired) electrons. The standard InChI is InChI=1S/C20H21F2NO3/c1-12(2)14-4-6-15(7-5-14)20(25)26-11-19(24)23-13(3)17-9-8-16(21)10-18(17)22/h4-10,12-13H,11H2,1-3H3,(H,23,24)/t13-/m0/s1. The van der Waals surface area contributed by atoms with Gasteiger partial charge in [-0.3, -0.25) is 4.79 Å². The largest absolute Gasteiger partial charge is 0.452 e. The molecule has 1 amide bonds. The van der Waals surface area contributed by atoms with Gasteiger partial charge in [0.25, 0.3) is 5.91 Å². The topological polar surface area (TPSA) is 55.4 Å². The van der Waals surface area contributed by atoms with E-state index < -0.39 is 36.2 Å². The zero-order chi connectivity index (χ0) is 19.3. The molecule has 0 bridgehead atoms. The fraction of sp³-hybridized carbons (Fsp3) is 0.300. The summed E-state index contributed by atoms with van der Waals surface area (Å²) in [5, 5.41) is 2.51. The number of rotatable bonds is 6. The summed E-state index contributed by atoms with van der Waals surface area (Å²) in [6.45, 7) is 5.16. The lowest BCUT2D eigenvalue weighted by molar-refractivity contribution is -0.124. The minimum atomic E-state index is -0.750. The van der Waals surface area contributed by atoms with Gasteiger partial charge in [-0.1, -0.05) is 32.0 Å². The first kappa shape index (κ1) is 19.6. The Morgan fingerprint density at radius 2 is 1.69 bits per heavy atom. The summed E-state index contributed by atoms with van der Waals surface area (Å²) in [6, 6.07) is 9.39. The summed E-state index contributed by atoms with van der Waals surface area (Å²) in [4.78, 5) is 23.9. The Bertz CT molecular complexity index is 788. The maximum Gasteiger partial charge on any atom is 0.338 e. The molecule has 26 heavy (non-hydrogen) atoms. The van der Waals surface area contributed by atoms with Gasteiger partial charge in [-0.25, -0.2) is 13.6 Å². The van der Waals surface area contributed by atoms with E-state index in [1.807, 2.05) is 26.0 Å². The van der Waals surface area contributed by atoms with Crippen molar-refractivity contribution in [2.75, 3.05) is 6.61 Å². The molecule has 138 valence electrons. The minimum absolute atomic E-state index is 0.148. The lowest BCUT2D eigenvalue weighted by Crippen LogP contribution is -2.31. The highest BCUT2D eigenvalue weighted by Gasteiger charge is 2.16. The van der Waals surface area contributed by atoms with Gasteiger partial charge in [0.15, 0.2) is 6.61 Å². The third kappa shape index (κ3) is 5.12. The lowest BCUT2D eigenvalue weighted by atomic mass is 10.0. The number of amides is 1. The van der Waals surface area contributed by atoms with Gasteiger partial charge in [0.05, 0.1) is 11.6 Å². The average molecular weight is 361 g/mol. The molecule has 0 aliphatic carbocycles. The molecule has 0 unspecified atom stereocenters. The van der Waals surface area contributed by atoms with Crippen molar-refractivity contribution in [2.24, 2.45) is 0 Å². The normalized spacial score (nSPS) is 11.9. The van der Waals surface area contributed by atoms with Crippen LogP contribution in [-0.2, 0) is 9.53 Å². The van der Waals surface area contributed by atoms with Crippen LogP contribution in [-0.4, -0.2) is 18.5 Å². The number of ether oxygens (including phenoxy) is 1. The number of benzene rings is 2. The maximum atomic E-state index is 13.7. The van der Waals surface area contributed by atoms with Crippen molar-refractivity contribution in [1.82, 2.24) is 5.32 Å². The predicted octanol–water partition coefficient (Wildman–Crippen LogP) is 4.12. The van der Waals surface area contributed by atoms with Crippen molar-refractivity contribution in [3.05, 3.63) is 70.8 Å². The van der Waals surface area contributed by atoms with Crippen LogP contribution in [0.25, 0.3) is 0 Å². The number of esters is 1. The number of hydrogen-bond donors (Lipinski definition) is 1. The van der Waals surface area contributed by atoms with E-state index in [0.717, 1.165) is 17.7 Å². The van der Waals surface area contributed by atoms with Gasteiger partial charge in [0, 0.05) is 11.6 Å². The predicted molar refractivity (Wildman–Crippen MR) is 93.7 cm³/mol. The number of nitrogens with one attached hydrogen (secondary N) is 1. The van der Waals surface area contributed by atoms with Gasteiger partial charge in [-0.2, -0.15) is 0 Å². The summed E-state index contributed by atoms with van der Waals surface area (Å²) in [6.07, 6.45) is 0. The van der Waals surface area contributed by atoms with E-state index in [9.17, 15) is 18.4 Å². The first-order valence-electron chi connectivity index (χ1n) is 8.29. The fourth-order valence-electron chi connectivity index (χ4n) is 2.43. The second-order valence-corrected chi connectivity index (χ2v) is 6.31. The molecule has 0 aliphatic heterocycles. The highest BCUT2D eigenvalue weighted by Crippen LogP contribution is 2.18. The summed E-state index contributed by atoms with van der Waals surface area (Å²) >= 11 is 0. The number of halogens is 2. The van der Waals surface area contributed by atoms with Gasteiger partial charge in [0.2, 0.25) is 0 Å². The zero-order valence-electron chi connectivity index (χ0n) is 14.9. The third-order valence-corrected chi connectivity index (χ3v) is 3.95. The Balaban J connectivity index is 1.88. The summed E-state index contributed by atoms with van der Waals surface area (Å²) < 4.78 is 31.6. The first-order valence-corrected chi connectivity index (χ1v) is 8.29. The maximum absolute atomic E-state index is 13.7. The van der Waals surface area contributed by atoms with Crippen LogP contribution in [0.15, 0.2) is 42.5 Å². The summed E-state index contributed by atoms with van der Waals surface area (Å²) in [5.41, 5.74) is 1.59. The van der Waals surface area contributed by atoms with E-state index in [0.29, 0.717) is 11.5 Å². The third-order valence-electron chi connectivity index (χ3n) is 3.95. The molecule has 6 heteroatoms. The second kappa shape index (κ2) is 8.56. The molecule has 2 rings (SSSR count). The van der Waals surface area contributed by atoms with Crippen LogP contribution in [0, 0.1) is 11.6 Å². The number of carbonyl (C=O) groups is 2. The van der Waals surface area contributed by atoms with Gasteiger partial charge in [-0.05, 0) is 36.6 Å².